The number of amides is 1. The van der Waals surface area contributed by atoms with Gasteiger partial charge in [0.15, 0.2) is 0 Å². The maximum Gasteiger partial charge on any atom is 0.410 e. The van der Waals surface area contributed by atoms with Crippen LogP contribution in [-0.2, 0) is 25.6 Å². The molecule has 0 aromatic heterocycles. The first-order valence-electron chi connectivity index (χ1n) is 10.2. The summed E-state index contributed by atoms with van der Waals surface area (Å²) >= 11 is 0. The molecule has 1 fully saturated rings. The van der Waals surface area contributed by atoms with Crippen LogP contribution in [0.15, 0.2) is 30.3 Å². The zero-order valence-electron chi connectivity index (χ0n) is 17.5. The van der Waals surface area contributed by atoms with Crippen molar-refractivity contribution in [3.05, 3.63) is 35.9 Å². The van der Waals surface area contributed by atoms with Crippen molar-refractivity contribution in [2.24, 2.45) is 5.92 Å². The lowest BCUT2D eigenvalue weighted by atomic mass is 9.99. The molecular formula is C22H35NO5. The van der Waals surface area contributed by atoms with Crippen LogP contribution in [0.1, 0.15) is 39.2 Å². The van der Waals surface area contributed by atoms with Crippen LogP contribution in [0.3, 0.4) is 0 Å². The Kier molecular flexibility index (Phi) is 9.75. The lowest BCUT2D eigenvalue weighted by Crippen LogP contribution is -2.43. The van der Waals surface area contributed by atoms with E-state index in [0.29, 0.717) is 52.1 Å². The number of nitrogens with zero attached hydrogens (tertiary/aromatic N) is 1. The molecule has 0 bridgehead atoms. The number of benzene rings is 1. The van der Waals surface area contributed by atoms with E-state index in [2.05, 4.69) is 0 Å². The average molecular weight is 394 g/mol. The maximum absolute atomic E-state index is 12.2. The minimum atomic E-state index is -0.456. The Labute approximate surface area is 169 Å². The second-order valence-corrected chi connectivity index (χ2v) is 8.16. The Morgan fingerprint density at radius 2 is 1.71 bits per heavy atom. The molecule has 0 spiro atoms. The van der Waals surface area contributed by atoms with Crippen LogP contribution >= 0.6 is 0 Å². The monoisotopic (exact) mass is 393 g/mol. The molecule has 1 heterocycles. The van der Waals surface area contributed by atoms with Crippen LogP contribution < -0.4 is 0 Å². The van der Waals surface area contributed by atoms with Gasteiger partial charge in [0.1, 0.15) is 5.60 Å². The molecule has 1 aromatic rings. The lowest BCUT2D eigenvalue weighted by Gasteiger charge is -2.34. The molecule has 0 saturated carbocycles. The minimum absolute atomic E-state index is 0.226. The standard InChI is InChI=1S/C22H35NO5/c1-22(2,3)28-21(24)23-11-7-10-20(16-23)18-27-15-13-25-12-14-26-17-19-8-5-4-6-9-19/h4-6,8-9,20H,7,10-18H2,1-3H3. The summed E-state index contributed by atoms with van der Waals surface area (Å²) in [5.41, 5.74) is 0.710. The van der Waals surface area contributed by atoms with Crippen molar-refractivity contribution in [1.29, 1.82) is 0 Å². The first-order chi connectivity index (χ1) is 13.4. The first kappa shape index (κ1) is 22.7. The molecule has 0 aliphatic carbocycles. The Morgan fingerprint density at radius 3 is 2.43 bits per heavy atom. The predicted molar refractivity (Wildman–Crippen MR) is 108 cm³/mol. The Balaban J connectivity index is 1.47. The van der Waals surface area contributed by atoms with Crippen molar-refractivity contribution < 1.29 is 23.7 Å². The second-order valence-electron chi connectivity index (χ2n) is 8.16. The van der Waals surface area contributed by atoms with Crippen LogP contribution in [0, 0.1) is 5.92 Å². The third-order valence-corrected chi connectivity index (χ3v) is 4.38. The summed E-state index contributed by atoms with van der Waals surface area (Å²) in [4.78, 5) is 14.0. The molecule has 0 radical (unpaired) electrons. The van der Waals surface area contributed by atoms with E-state index in [9.17, 15) is 4.79 Å². The van der Waals surface area contributed by atoms with Gasteiger partial charge in [-0.1, -0.05) is 30.3 Å². The van der Waals surface area contributed by atoms with Crippen molar-refractivity contribution in [2.45, 2.75) is 45.8 Å². The van der Waals surface area contributed by atoms with Gasteiger partial charge in [0.05, 0.1) is 39.6 Å². The van der Waals surface area contributed by atoms with Crippen LogP contribution in [0.25, 0.3) is 0 Å². The van der Waals surface area contributed by atoms with Gasteiger partial charge < -0.3 is 23.8 Å². The van der Waals surface area contributed by atoms with Crippen molar-refractivity contribution in [1.82, 2.24) is 4.90 Å². The van der Waals surface area contributed by atoms with Crippen molar-refractivity contribution in [3.8, 4) is 0 Å². The summed E-state index contributed by atoms with van der Waals surface area (Å²) in [6, 6.07) is 10.1. The molecule has 1 aliphatic heterocycles. The van der Waals surface area contributed by atoms with Crippen molar-refractivity contribution >= 4 is 6.09 Å². The molecule has 28 heavy (non-hydrogen) atoms. The fourth-order valence-corrected chi connectivity index (χ4v) is 3.05. The highest BCUT2D eigenvalue weighted by molar-refractivity contribution is 5.68. The smallest absolute Gasteiger partial charge is 0.410 e. The van der Waals surface area contributed by atoms with Gasteiger partial charge in [-0.3, -0.25) is 0 Å². The summed E-state index contributed by atoms with van der Waals surface area (Å²) in [6.07, 6.45) is 1.84. The van der Waals surface area contributed by atoms with Crippen LogP contribution in [0.2, 0.25) is 0 Å². The minimum Gasteiger partial charge on any atom is -0.444 e. The van der Waals surface area contributed by atoms with E-state index in [1.807, 2.05) is 51.1 Å². The highest BCUT2D eigenvalue weighted by Crippen LogP contribution is 2.19. The number of hydrogen-bond donors (Lipinski definition) is 0. The van der Waals surface area contributed by atoms with Gasteiger partial charge in [-0.15, -0.1) is 0 Å². The van der Waals surface area contributed by atoms with Gasteiger partial charge in [-0.25, -0.2) is 4.79 Å². The van der Waals surface area contributed by atoms with Gasteiger partial charge >= 0.3 is 6.09 Å². The zero-order chi connectivity index (χ0) is 20.2. The lowest BCUT2D eigenvalue weighted by molar-refractivity contribution is -0.00966. The highest BCUT2D eigenvalue weighted by atomic mass is 16.6. The van der Waals surface area contributed by atoms with Crippen molar-refractivity contribution in [3.63, 3.8) is 0 Å². The summed E-state index contributed by atoms with van der Waals surface area (Å²) in [6.45, 7) is 10.6. The quantitative estimate of drug-likeness (QED) is 0.565. The first-order valence-corrected chi connectivity index (χ1v) is 10.2. The number of carbonyl (C=O) groups excluding carboxylic acids is 1. The number of piperidine rings is 1. The Morgan fingerprint density at radius 1 is 1.04 bits per heavy atom. The number of hydrogen-bond acceptors (Lipinski definition) is 5. The molecule has 1 aromatic carbocycles. The maximum atomic E-state index is 12.2. The predicted octanol–water partition coefficient (Wildman–Crippen LogP) is 3.88. The summed E-state index contributed by atoms with van der Waals surface area (Å²) in [7, 11) is 0. The molecule has 2 rings (SSSR count). The van der Waals surface area contributed by atoms with E-state index in [1.54, 1.807) is 4.90 Å². The van der Waals surface area contributed by atoms with Gasteiger partial charge in [0.2, 0.25) is 0 Å². The molecule has 0 N–H and O–H groups in total. The van der Waals surface area contributed by atoms with E-state index in [4.69, 9.17) is 18.9 Å². The molecule has 158 valence electrons. The van der Waals surface area contributed by atoms with Crippen LogP contribution in [0.4, 0.5) is 4.79 Å². The summed E-state index contributed by atoms with van der Waals surface area (Å²) in [5, 5.41) is 0. The van der Waals surface area contributed by atoms with E-state index in [-0.39, 0.29) is 6.09 Å². The van der Waals surface area contributed by atoms with E-state index in [0.717, 1.165) is 19.4 Å². The fourth-order valence-electron chi connectivity index (χ4n) is 3.05. The van der Waals surface area contributed by atoms with E-state index in [1.165, 1.54) is 5.56 Å². The van der Waals surface area contributed by atoms with Gasteiger partial charge in [-0.2, -0.15) is 0 Å². The molecule has 1 atom stereocenters. The highest BCUT2D eigenvalue weighted by Gasteiger charge is 2.27. The van der Waals surface area contributed by atoms with Crippen LogP contribution in [0.5, 0.6) is 0 Å². The molecule has 1 unspecified atom stereocenters. The van der Waals surface area contributed by atoms with E-state index >= 15 is 0 Å². The molecule has 1 saturated heterocycles. The third kappa shape index (κ3) is 9.53. The van der Waals surface area contributed by atoms with Crippen LogP contribution in [-0.4, -0.2) is 62.7 Å². The largest absolute Gasteiger partial charge is 0.444 e. The number of rotatable bonds is 10. The molecule has 6 heteroatoms. The topological polar surface area (TPSA) is 57.2 Å². The third-order valence-electron chi connectivity index (χ3n) is 4.38. The Bertz CT molecular complexity index is 558. The summed E-state index contributed by atoms with van der Waals surface area (Å²) < 4.78 is 22.3. The molecule has 1 aliphatic rings. The Hall–Kier alpha value is -1.63. The van der Waals surface area contributed by atoms with Gasteiger partial charge in [-0.05, 0) is 39.2 Å². The van der Waals surface area contributed by atoms with Gasteiger partial charge in [0, 0.05) is 19.0 Å². The number of carbonyl (C=O) groups is 1. The number of ether oxygens (including phenoxy) is 4. The van der Waals surface area contributed by atoms with Crippen molar-refractivity contribution in [2.75, 3.05) is 46.1 Å². The zero-order valence-corrected chi connectivity index (χ0v) is 17.5. The van der Waals surface area contributed by atoms with E-state index < -0.39 is 5.60 Å². The SMILES string of the molecule is CC(C)(C)OC(=O)N1CCCC(COCCOCCOCc2ccccc2)C1. The normalized spacial score (nSPS) is 17.5. The molecular weight excluding hydrogens is 358 g/mol. The molecule has 1 amide bonds. The average Bonchev–Trinajstić information content (AvgIpc) is 2.66. The summed E-state index contributed by atoms with van der Waals surface area (Å²) in [5.74, 6) is 0.357. The van der Waals surface area contributed by atoms with Gasteiger partial charge in [0.25, 0.3) is 0 Å². The molecule has 6 nitrogen and oxygen atoms in total. The second kappa shape index (κ2) is 12.0. The number of likely N-dealkylation sites (tertiary alicyclic amines) is 1. The fraction of sp³-hybridized carbons (Fsp3) is 0.682.